The zero-order valence-corrected chi connectivity index (χ0v) is 27.0. The molecule has 0 spiro atoms. The second kappa shape index (κ2) is 10.4. The summed E-state index contributed by atoms with van der Waals surface area (Å²) in [4.78, 5) is 10.7. The molecule has 11 rings (SSSR count). The summed E-state index contributed by atoms with van der Waals surface area (Å²) in [5.74, 6) is 0.654. The molecule has 0 N–H and O–H groups in total. The van der Waals surface area contributed by atoms with Crippen LogP contribution < -0.4 is 0 Å². The Morgan fingerprint density at radius 3 is 1.28 bits per heavy atom. The lowest BCUT2D eigenvalue weighted by molar-refractivity contribution is 0.996. The molecule has 50 heavy (non-hydrogen) atoms. The lowest BCUT2D eigenvalue weighted by Gasteiger charge is -2.12. The highest BCUT2D eigenvalue weighted by molar-refractivity contribution is 6.39. The van der Waals surface area contributed by atoms with Crippen molar-refractivity contribution in [1.82, 2.24) is 19.1 Å². The first-order valence-electron chi connectivity index (χ1n) is 17.0. The Balaban J connectivity index is 1.37. The van der Waals surface area contributed by atoms with Gasteiger partial charge in [0.2, 0.25) is 5.95 Å². The fourth-order valence-corrected chi connectivity index (χ4v) is 8.22. The lowest BCUT2D eigenvalue weighted by Crippen LogP contribution is -2.04. The van der Waals surface area contributed by atoms with Gasteiger partial charge in [-0.25, -0.2) is 9.97 Å². The first-order valence-corrected chi connectivity index (χ1v) is 17.0. The van der Waals surface area contributed by atoms with E-state index in [1.54, 1.807) is 0 Å². The van der Waals surface area contributed by atoms with E-state index in [4.69, 9.17) is 9.97 Å². The Kier molecular flexibility index (Phi) is 5.63. The molecule has 3 aromatic heterocycles. The highest BCUT2D eigenvalue weighted by Crippen LogP contribution is 2.47. The second-order valence-corrected chi connectivity index (χ2v) is 13.0. The quantitative estimate of drug-likeness (QED) is 0.193. The molecule has 0 saturated heterocycles. The molecule has 0 amide bonds. The molecule has 0 atom stereocenters. The molecule has 0 bridgehead atoms. The predicted octanol–water partition coefficient (Wildman–Crippen LogP) is 11.7. The molecule has 4 nitrogen and oxygen atoms in total. The maximum absolute atomic E-state index is 5.33. The van der Waals surface area contributed by atoms with Crippen LogP contribution in [0.25, 0.3) is 99.3 Å². The summed E-state index contributed by atoms with van der Waals surface area (Å²) in [6.45, 7) is 0. The molecular weight excluding hydrogens is 609 g/mol. The molecule has 232 valence electrons. The summed E-state index contributed by atoms with van der Waals surface area (Å²) in [5, 5.41) is 9.89. The predicted molar refractivity (Wildman–Crippen MR) is 208 cm³/mol. The number of para-hydroxylation sites is 1. The minimum Gasteiger partial charge on any atom is -0.309 e. The molecule has 4 heteroatoms. The van der Waals surface area contributed by atoms with Gasteiger partial charge in [0, 0.05) is 38.4 Å². The van der Waals surface area contributed by atoms with Crippen LogP contribution in [0.1, 0.15) is 0 Å². The van der Waals surface area contributed by atoms with Gasteiger partial charge in [0.1, 0.15) is 0 Å². The van der Waals surface area contributed by atoms with Crippen molar-refractivity contribution >= 4 is 65.2 Å². The third-order valence-corrected chi connectivity index (χ3v) is 10.3. The summed E-state index contributed by atoms with van der Waals surface area (Å²) in [6, 6.07) is 60.5. The van der Waals surface area contributed by atoms with Crippen molar-refractivity contribution in [2.24, 2.45) is 0 Å². The van der Waals surface area contributed by atoms with Crippen LogP contribution in [0.4, 0.5) is 0 Å². The first-order chi connectivity index (χ1) is 24.8. The molecule has 0 radical (unpaired) electrons. The van der Waals surface area contributed by atoms with E-state index in [9.17, 15) is 0 Å². The molecule has 3 heterocycles. The third-order valence-electron chi connectivity index (χ3n) is 10.3. The fourth-order valence-electron chi connectivity index (χ4n) is 8.22. The number of hydrogen-bond acceptors (Lipinski definition) is 2. The number of rotatable bonds is 4. The van der Waals surface area contributed by atoms with E-state index in [0.717, 1.165) is 39.2 Å². The zero-order valence-electron chi connectivity index (χ0n) is 27.0. The van der Waals surface area contributed by atoms with Crippen molar-refractivity contribution in [1.29, 1.82) is 0 Å². The van der Waals surface area contributed by atoms with Gasteiger partial charge in [-0.2, -0.15) is 0 Å². The maximum atomic E-state index is 5.33. The number of fused-ring (bicyclic) bond motifs is 3. The second-order valence-electron chi connectivity index (χ2n) is 13.0. The third kappa shape index (κ3) is 3.76. The molecule has 11 aromatic rings. The normalized spacial score (nSPS) is 12.0. The van der Waals surface area contributed by atoms with E-state index in [0.29, 0.717) is 5.95 Å². The smallest absolute Gasteiger partial charge is 0.235 e. The average molecular weight is 637 g/mol. The van der Waals surface area contributed by atoms with Crippen LogP contribution in [0.15, 0.2) is 170 Å². The summed E-state index contributed by atoms with van der Waals surface area (Å²) in [7, 11) is 0. The van der Waals surface area contributed by atoms with Crippen molar-refractivity contribution in [3.05, 3.63) is 170 Å². The van der Waals surface area contributed by atoms with E-state index >= 15 is 0 Å². The van der Waals surface area contributed by atoms with Crippen LogP contribution in [0.3, 0.4) is 0 Å². The largest absolute Gasteiger partial charge is 0.309 e. The van der Waals surface area contributed by atoms with E-state index < -0.39 is 0 Å². The van der Waals surface area contributed by atoms with Gasteiger partial charge in [-0.15, -0.1) is 0 Å². The number of aromatic nitrogens is 4. The van der Waals surface area contributed by atoms with Crippen LogP contribution in [0, 0.1) is 0 Å². The summed E-state index contributed by atoms with van der Waals surface area (Å²) in [6.07, 6.45) is 0. The molecule has 0 saturated carbocycles. The summed E-state index contributed by atoms with van der Waals surface area (Å²) >= 11 is 0. The minimum absolute atomic E-state index is 0.654. The molecule has 8 aromatic carbocycles. The van der Waals surface area contributed by atoms with Crippen molar-refractivity contribution in [2.45, 2.75) is 0 Å². The molecular formula is C46H28N4. The Hall–Kier alpha value is -6.78. The van der Waals surface area contributed by atoms with Crippen molar-refractivity contribution in [3.8, 4) is 34.2 Å². The van der Waals surface area contributed by atoms with Gasteiger partial charge >= 0.3 is 0 Å². The fraction of sp³-hybridized carbons (Fsp3) is 0. The van der Waals surface area contributed by atoms with E-state index in [-0.39, 0.29) is 0 Å². The Bertz CT molecular complexity index is 3010. The van der Waals surface area contributed by atoms with Crippen LogP contribution in [0.2, 0.25) is 0 Å². The molecule has 0 fully saturated rings. The topological polar surface area (TPSA) is 35.6 Å². The van der Waals surface area contributed by atoms with Gasteiger partial charge in [0.15, 0.2) is 0 Å². The van der Waals surface area contributed by atoms with Crippen molar-refractivity contribution in [2.75, 3.05) is 0 Å². The summed E-state index contributed by atoms with van der Waals surface area (Å²) < 4.78 is 4.71. The van der Waals surface area contributed by atoms with Gasteiger partial charge in [0.05, 0.1) is 33.5 Å². The highest BCUT2D eigenvalue weighted by Gasteiger charge is 2.25. The number of benzene rings is 7. The van der Waals surface area contributed by atoms with Gasteiger partial charge in [-0.3, -0.25) is 4.57 Å². The monoisotopic (exact) mass is 636 g/mol. The van der Waals surface area contributed by atoms with Gasteiger partial charge in [-0.05, 0) is 64.0 Å². The lowest BCUT2D eigenvalue weighted by atomic mass is 9.95. The number of nitrogens with zero attached hydrogens (tertiary/aromatic N) is 4. The first kappa shape index (κ1) is 27.2. The van der Waals surface area contributed by atoms with E-state index in [1.165, 1.54) is 54.1 Å². The van der Waals surface area contributed by atoms with E-state index in [2.05, 4.69) is 167 Å². The van der Waals surface area contributed by atoms with Crippen molar-refractivity contribution in [3.63, 3.8) is 0 Å². The standard InChI is InChI=1S/C46H28N4/c1-4-14-29(15-5-1)36-28-37(30-16-6-2-7-17-30)48-46(47-36)50-39-25-13-23-35-33-21-11-10-20-32(33)34-22-12-24-38-42(34)44-40(26-27-41(50)45(44)43(35)39)49(38)31-18-8-3-9-19-31/h1-28H. The zero-order chi connectivity index (χ0) is 32.8. The van der Waals surface area contributed by atoms with Gasteiger partial charge in [-0.1, -0.05) is 127 Å². The van der Waals surface area contributed by atoms with Crippen LogP contribution in [0.5, 0.6) is 0 Å². The van der Waals surface area contributed by atoms with E-state index in [1.807, 2.05) is 12.1 Å². The molecule has 0 unspecified atom stereocenters. The Morgan fingerprint density at radius 2 is 0.740 bits per heavy atom. The number of hydrogen-bond donors (Lipinski definition) is 0. The SMILES string of the molecule is c1ccc(-c2cc(-c3ccccc3)nc(-n3c4cccc5c6ccccc6c6cccc7c6c6c(c54)c3ccc6n7-c3ccccc3)n2)cc1. The van der Waals surface area contributed by atoms with Crippen LogP contribution in [-0.4, -0.2) is 19.1 Å². The molecule has 0 aliphatic carbocycles. The average Bonchev–Trinajstić information content (AvgIpc) is 3.71. The molecule has 0 aliphatic rings. The highest BCUT2D eigenvalue weighted by atomic mass is 15.2. The maximum Gasteiger partial charge on any atom is 0.235 e. The van der Waals surface area contributed by atoms with Crippen LogP contribution >= 0.6 is 0 Å². The Labute approximate surface area is 287 Å². The molecule has 0 aliphatic heterocycles. The minimum atomic E-state index is 0.654. The van der Waals surface area contributed by atoms with Gasteiger partial charge < -0.3 is 4.57 Å². The summed E-state index contributed by atoms with van der Waals surface area (Å²) in [5.41, 5.74) is 9.59. The Morgan fingerprint density at radius 1 is 0.320 bits per heavy atom. The van der Waals surface area contributed by atoms with Crippen LogP contribution in [-0.2, 0) is 0 Å². The van der Waals surface area contributed by atoms with Gasteiger partial charge in [0.25, 0.3) is 0 Å². The van der Waals surface area contributed by atoms with Crippen molar-refractivity contribution < 1.29 is 0 Å².